The molecule has 2 aromatic heterocycles. The molecule has 4 heterocycles. The number of pyridine rings is 1. The zero-order valence-corrected chi connectivity index (χ0v) is 15.2. The van der Waals surface area contributed by atoms with E-state index < -0.39 is 0 Å². The first-order valence-corrected chi connectivity index (χ1v) is 9.58. The van der Waals surface area contributed by atoms with Crippen LogP contribution in [0.25, 0.3) is 0 Å². The number of fused-ring (bicyclic) bond motifs is 1. The first kappa shape index (κ1) is 16.7. The lowest BCUT2D eigenvalue weighted by atomic mass is 9.93. The topological polar surface area (TPSA) is 54.5 Å². The zero-order valence-electron chi connectivity index (χ0n) is 14.4. The van der Waals surface area contributed by atoms with E-state index in [-0.39, 0.29) is 5.91 Å². The lowest BCUT2D eigenvalue weighted by Crippen LogP contribution is -2.34. The Labute approximate surface area is 152 Å². The Morgan fingerprint density at radius 1 is 1.32 bits per heavy atom. The van der Waals surface area contributed by atoms with Gasteiger partial charge in [-0.1, -0.05) is 0 Å². The number of aromatic nitrogens is 1. The summed E-state index contributed by atoms with van der Waals surface area (Å²) in [7, 11) is 0. The summed E-state index contributed by atoms with van der Waals surface area (Å²) in [5, 5.41) is 3.06. The van der Waals surface area contributed by atoms with E-state index in [4.69, 9.17) is 4.74 Å². The second kappa shape index (κ2) is 7.23. The van der Waals surface area contributed by atoms with Crippen LogP contribution in [-0.4, -0.2) is 48.1 Å². The number of nitrogens with one attached hydrogen (secondary N) is 1. The van der Waals surface area contributed by atoms with Crippen molar-refractivity contribution in [2.75, 3.05) is 26.2 Å². The number of thiophene rings is 1. The minimum Gasteiger partial charge on any atom is -0.376 e. The van der Waals surface area contributed by atoms with Gasteiger partial charge in [0.25, 0.3) is 5.91 Å². The van der Waals surface area contributed by atoms with Crippen molar-refractivity contribution in [1.29, 1.82) is 0 Å². The molecule has 1 N–H and O–H groups in total. The van der Waals surface area contributed by atoms with E-state index in [9.17, 15) is 4.79 Å². The molecule has 1 amide bonds. The molecule has 25 heavy (non-hydrogen) atoms. The second-order valence-electron chi connectivity index (χ2n) is 6.95. The molecule has 0 bridgehead atoms. The third-order valence-corrected chi connectivity index (χ3v) is 6.14. The minimum atomic E-state index is -0.0326. The Hall–Kier alpha value is -1.76. The first-order valence-electron chi connectivity index (χ1n) is 8.76. The molecule has 2 aromatic rings. The zero-order chi connectivity index (χ0) is 17.2. The molecular formula is C19H23N3O2S. The number of carbonyl (C=O) groups excluding carboxylic acids is 1. The number of hydrogen-bond donors (Lipinski definition) is 1. The Morgan fingerprint density at radius 2 is 2.16 bits per heavy atom. The summed E-state index contributed by atoms with van der Waals surface area (Å²) in [6.45, 7) is 6.63. The van der Waals surface area contributed by atoms with Crippen LogP contribution in [0.2, 0.25) is 0 Å². The third kappa shape index (κ3) is 3.76. The summed E-state index contributed by atoms with van der Waals surface area (Å²) in [5.74, 6) is 0.874. The maximum absolute atomic E-state index is 12.2. The van der Waals surface area contributed by atoms with Gasteiger partial charge in [0.05, 0.1) is 12.7 Å². The Balaban J connectivity index is 1.30. The largest absolute Gasteiger partial charge is 0.376 e. The van der Waals surface area contributed by atoms with Crippen LogP contribution in [0.4, 0.5) is 0 Å². The van der Waals surface area contributed by atoms with Crippen LogP contribution in [0.3, 0.4) is 0 Å². The van der Waals surface area contributed by atoms with Gasteiger partial charge >= 0.3 is 0 Å². The lowest BCUT2D eigenvalue weighted by molar-refractivity contribution is 0.0904. The van der Waals surface area contributed by atoms with E-state index >= 15 is 0 Å². The molecule has 132 valence electrons. The van der Waals surface area contributed by atoms with Crippen molar-refractivity contribution < 1.29 is 9.53 Å². The molecule has 3 atom stereocenters. The summed E-state index contributed by atoms with van der Waals surface area (Å²) in [5.41, 5.74) is 0.659. The summed E-state index contributed by atoms with van der Waals surface area (Å²) >= 11 is 1.87. The fourth-order valence-corrected chi connectivity index (χ4v) is 4.77. The predicted octanol–water partition coefficient (Wildman–Crippen LogP) is 2.33. The number of aryl methyl sites for hydroxylation is 1. The highest BCUT2D eigenvalue weighted by Crippen LogP contribution is 2.34. The Morgan fingerprint density at radius 3 is 2.92 bits per heavy atom. The predicted molar refractivity (Wildman–Crippen MR) is 97.6 cm³/mol. The van der Waals surface area contributed by atoms with Gasteiger partial charge in [0.1, 0.15) is 0 Å². The maximum Gasteiger partial charge on any atom is 0.251 e. The SMILES string of the molecule is Cc1ccc(CN2C[C@H]3[C@@H](CNC(=O)c4ccncc4)CO[C@H]3C2)s1. The van der Waals surface area contributed by atoms with Gasteiger partial charge in [-0.2, -0.15) is 0 Å². The summed E-state index contributed by atoms with van der Waals surface area (Å²) in [6, 6.07) is 7.89. The van der Waals surface area contributed by atoms with E-state index in [0.29, 0.717) is 30.0 Å². The summed E-state index contributed by atoms with van der Waals surface area (Å²) in [4.78, 5) is 21.4. The normalized spacial score (nSPS) is 25.9. The van der Waals surface area contributed by atoms with Crippen molar-refractivity contribution in [3.8, 4) is 0 Å². The van der Waals surface area contributed by atoms with Gasteiger partial charge in [0, 0.05) is 65.7 Å². The molecule has 0 saturated carbocycles. The molecule has 0 aliphatic carbocycles. The van der Waals surface area contributed by atoms with E-state index in [1.807, 2.05) is 11.3 Å². The number of rotatable bonds is 5. The molecule has 2 fully saturated rings. The van der Waals surface area contributed by atoms with Crippen molar-refractivity contribution in [2.24, 2.45) is 11.8 Å². The number of nitrogens with zero attached hydrogens (tertiary/aromatic N) is 2. The highest BCUT2D eigenvalue weighted by Gasteiger charge is 2.43. The highest BCUT2D eigenvalue weighted by molar-refractivity contribution is 7.11. The van der Waals surface area contributed by atoms with Crippen molar-refractivity contribution in [1.82, 2.24) is 15.2 Å². The van der Waals surface area contributed by atoms with E-state index in [0.717, 1.165) is 26.2 Å². The van der Waals surface area contributed by atoms with Gasteiger partial charge in [-0.3, -0.25) is 14.7 Å². The smallest absolute Gasteiger partial charge is 0.251 e. The van der Waals surface area contributed by atoms with Gasteiger partial charge in [-0.05, 0) is 31.2 Å². The van der Waals surface area contributed by atoms with Gasteiger partial charge in [0.2, 0.25) is 0 Å². The quantitative estimate of drug-likeness (QED) is 0.892. The minimum absolute atomic E-state index is 0.0326. The molecular weight excluding hydrogens is 334 g/mol. The molecule has 6 heteroatoms. The standard InChI is InChI=1S/C19H23N3O2S/c1-13-2-3-16(25-13)9-22-10-17-15(12-24-18(17)11-22)8-21-19(23)14-4-6-20-7-5-14/h2-7,15,17-18H,8-12H2,1H3,(H,21,23)/t15-,17-,18-/m0/s1. The molecule has 5 nitrogen and oxygen atoms in total. The number of ether oxygens (including phenoxy) is 1. The van der Waals surface area contributed by atoms with Gasteiger partial charge in [-0.15, -0.1) is 11.3 Å². The average Bonchev–Trinajstić information content (AvgIpc) is 3.30. The number of carbonyl (C=O) groups is 1. The monoisotopic (exact) mass is 357 g/mol. The second-order valence-corrected chi connectivity index (χ2v) is 8.32. The molecule has 0 aromatic carbocycles. The van der Waals surface area contributed by atoms with Crippen molar-refractivity contribution in [2.45, 2.75) is 19.6 Å². The molecule has 0 radical (unpaired) electrons. The van der Waals surface area contributed by atoms with E-state index in [1.165, 1.54) is 9.75 Å². The van der Waals surface area contributed by atoms with Gasteiger partial charge < -0.3 is 10.1 Å². The van der Waals surface area contributed by atoms with Crippen LogP contribution in [0.1, 0.15) is 20.1 Å². The number of likely N-dealkylation sites (tertiary alicyclic amines) is 1. The van der Waals surface area contributed by atoms with Gasteiger partial charge in [-0.25, -0.2) is 0 Å². The average molecular weight is 357 g/mol. The van der Waals surface area contributed by atoms with Crippen molar-refractivity contribution in [3.63, 3.8) is 0 Å². The lowest BCUT2D eigenvalue weighted by Gasteiger charge is -2.19. The third-order valence-electron chi connectivity index (χ3n) is 5.16. The van der Waals surface area contributed by atoms with E-state index in [2.05, 4.69) is 34.3 Å². The summed E-state index contributed by atoms with van der Waals surface area (Å²) < 4.78 is 6.00. The van der Waals surface area contributed by atoms with Crippen LogP contribution in [-0.2, 0) is 11.3 Å². The maximum atomic E-state index is 12.2. The Bertz CT molecular complexity index is 733. The highest BCUT2D eigenvalue weighted by atomic mass is 32.1. The first-order chi connectivity index (χ1) is 12.2. The molecule has 0 unspecified atom stereocenters. The van der Waals surface area contributed by atoms with Crippen LogP contribution >= 0.6 is 11.3 Å². The molecule has 4 rings (SSSR count). The van der Waals surface area contributed by atoms with Crippen molar-refractivity contribution >= 4 is 17.2 Å². The summed E-state index contributed by atoms with van der Waals surface area (Å²) in [6.07, 6.45) is 3.60. The van der Waals surface area contributed by atoms with E-state index in [1.54, 1.807) is 24.5 Å². The number of hydrogen-bond acceptors (Lipinski definition) is 5. The van der Waals surface area contributed by atoms with Crippen LogP contribution in [0.5, 0.6) is 0 Å². The molecule has 2 aliphatic heterocycles. The molecule has 2 aliphatic rings. The molecule has 2 saturated heterocycles. The van der Waals surface area contributed by atoms with Crippen LogP contribution in [0, 0.1) is 18.8 Å². The number of amides is 1. The fourth-order valence-electron chi connectivity index (χ4n) is 3.84. The van der Waals surface area contributed by atoms with Crippen molar-refractivity contribution in [3.05, 3.63) is 52.0 Å². The van der Waals surface area contributed by atoms with Gasteiger partial charge in [0.15, 0.2) is 0 Å². The molecule has 0 spiro atoms. The Kier molecular flexibility index (Phi) is 4.83. The van der Waals surface area contributed by atoms with Crippen LogP contribution in [0.15, 0.2) is 36.7 Å². The van der Waals surface area contributed by atoms with Crippen LogP contribution < -0.4 is 5.32 Å². The fraction of sp³-hybridized carbons (Fsp3) is 0.474.